The van der Waals surface area contributed by atoms with Crippen LogP contribution in [0, 0.1) is 6.92 Å². The Balaban J connectivity index is 0.000000204. The van der Waals surface area contributed by atoms with Crippen molar-refractivity contribution in [3.63, 3.8) is 0 Å². The van der Waals surface area contributed by atoms with E-state index in [9.17, 15) is 8.42 Å². The molecule has 2 aromatic rings. The second-order valence-corrected chi connectivity index (χ2v) is 6.87. The number of hydrogen-bond donors (Lipinski definition) is 2. The van der Waals surface area contributed by atoms with E-state index in [1.807, 2.05) is 24.4 Å². The first-order valence-electron chi connectivity index (χ1n) is 6.03. The van der Waals surface area contributed by atoms with Gasteiger partial charge in [-0.25, -0.2) is 0 Å². The van der Waals surface area contributed by atoms with Crippen LogP contribution in [-0.4, -0.2) is 24.2 Å². The largest absolute Gasteiger partial charge is 0.393 e. The normalized spacial score (nSPS) is 12.4. The van der Waals surface area contributed by atoms with E-state index in [0.717, 1.165) is 12.0 Å². The van der Waals surface area contributed by atoms with Gasteiger partial charge in [0.1, 0.15) is 0 Å². The minimum atomic E-state index is -4.02. The Kier molecular flexibility index (Phi) is 6.35. The highest BCUT2D eigenvalue weighted by molar-refractivity contribution is 7.85. The Morgan fingerprint density at radius 2 is 1.80 bits per heavy atom. The smallest absolute Gasteiger partial charge is 0.294 e. The van der Waals surface area contributed by atoms with Gasteiger partial charge in [-0.1, -0.05) is 23.8 Å². The monoisotopic (exact) mass is 314 g/mol. The molecule has 0 aliphatic carbocycles. The van der Waals surface area contributed by atoms with Crippen molar-refractivity contribution >= 4 is 21.5 Å². The van der Waals surface area contributed by atoms with Gasteiger partial charge in [0.15, 0.2) is 0 Å². The Morgan fingerprint density at radius 1 is 1.20 bits per heavy atom. The Hall–Kier alpha value is -1.21. The second kappa shape index (κ2) is 7.54. The molecule has 110 valence electrons. The lowest BCUT2D eigenvalue weighted by Crippen LogP contribution is -2.01. The molecule has 0 saturated carbocycles. The van der Waals surface area contributed by atoms with Gasteiger partial charge in [0, 0.05) is 11.3 Å². The van der Waals surface area contributed by atoms with Crippen LogP contribution in [0.25, 0.3) is 0 Å². The Morgan fingerprint density at radius 3 is 2.20 bits per heavy atom. The fraction of sp³-hybridized carbons (Fsp3) is 0.286. The number of aryl methyl sites for hydroxylation is 1. The average molecular weight is 314 g/mol. The zero-order valence-corrected chi connectivity index (χ0v) is 13.0. The van der Waals surface area contributed by atoms with Crippen molar-refractivity contribution in [1.29, 1.82) is 0 Å². The molecule has 1 atom stereocenters. The van der Waals surface area contributed by atoms with E-state index in [-0.39, 0.29) is 11.0 Å². The summed E-state index contributed by atoms with van der Waals surface area (Å²) in [5.41, 5.74) is 0.956. The molecule has 1 aromatic carbocycles. The van der Waals surface area contributed by atoms with E-state index in [1.165, 1.54) is 17.0 Å². The zero-order valence-electron chi connectivity index (χ0n) is 11.4. The molecule has 20 heavy (non-hydrogen) atoms. The van der Waals surface area contributed by atoms with Gasteiger partial charge in [0.25, 0.3) is 10.1 Å². The third-order valence-electron chi connectivity index (χ3n) is 2.40. The summed E-state index contributed by atoms with van der Waals surface area (Å²) in [6.45, 7) is 3.65. The highest BCUT2D eigenvalue weighted by Gasteiger charge is 2.06. The zero-order chi connectivity index (χ0) is 15.2. The molecular weight excluding hydrogens is 296 g/mol. The third kappa shape index (κ3) is 6.29. The minimum Gasteiger partial charge on any atom is -0.393 e. The van der Waals surface area contributed by atoms with E-state index in [4.69, 9.17) is 9.66 Å². The topological polar surface area (TPSA) is 74.6 Å². The van der Waals surface area contributed by atoms with E-state index in [2.05, 4.69) is 0 Å². The minimum absolute atomic E-state index is 0.0666. The molecule has 1 unspecified atom stereocenters. The van der Waals surface area contributed by atoms with Gasteiger partial charge in [0.05, 0.1) is 11.0 Å². The summed E-state index contributed by atoms with van der Waals surface area (Å²) in [6.07, 6.45) is 0.584. The fourth-order valence-corrected chi connectivity index (χ4v) is 2.74. The molecule has 2 N–H and O–H groups in total. The van der Waals surface area contributed by atoms with Gasteiger partial charge in [-0.2, -0.15) is 8.42 Å². The van der Waals surface area contributed by atoms with E-state index in [0.29, 0.717) is 0 Å². The van der Waals surface area contributed by atoms with E-state index >= 15 is 0 Å². The first kappa shape index (κ1) is 16.8. The van der Waals surface area contributed by atoms with E-state index < -0.39 is 10.1 Å². The number of aliphatic hydroxyl groups is 1. The maximum Gasteiger partial charge on any atom is 0.294 e. The first-order valence-corrected chi connectivity index (χ1v) is 8.35. The molecular formula is C14H18O4S2. The average Bonchev–Trinajstić information content (AvgIpc) is 2.81. The van der Waals surface area contributed by atoms with Crippen molar-refractivity contribution in [2.24, 2.45) is 0 Å². The summed E-state index contributed by atoms with van der Waals surface area (Å²) in [4.78, 5) is 1.19. The molecule has 0 bridgehead atoms. The summed E-state index contributed by atoms with van der Waals surface area (Å²) >= 11 is 1.69. The first-order chi connectivity index (χ1) is 9.29. The number of hydrogen-bond acceptors (Lipinski definition) is 4. The van der Waals surface area contributed by atoms with Crippen LogP contribution in [0.5, 0.6) is 0 Å². The molecule has 1 heterocycles. The second-order valence-electron chi connectivity index (χ2n) is 4.42. The van der Waals surface area contributed by atoms with Crippen LogP contribution in [0.15, 0.2) is 46.7 Å². The van der Waals surface area contributed by atoms with Gasteiger partial charge in [0.2, 0.25) is 0 Å². The highest BCUT2D eigenvalue weighted by atomic mass is 32.2. The standard InChI is InChI=1S/C7H8O3S.C7H10OS/c1-6-2-4-7(5-3-6)11(8,9)10;1-6(8)5-7-3-2-4-9-7/h2-5H,1H3,(H,8,9,10);2-4,6,8H,5H2,1H3. The van der Waals surface area contributed by atoms with Gasteiger partial charge >= 0.3 is 0 Å². The van der Waals surface area contributed by atoms with Crippen molar-refractivity contribution in [2.75, 3.05) is 0 Å². The fourth-order valence-electron chi connectivity index (χ4n) is 1.43. The Labute approximate surface area is 123 Å². The molecule has 0 amide bonds. The van der Waals surface area contributed by atoms with Gasteiger partial charge in [-0.3, -0.25) is 4.55 Å². The number of thiophene rings is 1. The third-order valence-corrected chi connectivity index (χ3v) is 4.16. The maximum absolute atomic E-state index is 10.5. The van der Waals surface area contributed by atoms with Gasteiger partial charge in [-0.05, 0) is 37.4 Å². The summed E-state index contributed by atoms with van der Waals surface area (Å²) in [7, 11) is -4.02. The summed E-state index contributed by atoms with van der Waals surface area (Å²) in [5, 5.41) is 11.0. The molecule has 1 aromatic heterocycles. The lowest BCUT2D eigenvalue weighted by atomic mass is 10.2. The summed E-state index contributed by atoms with van der Waals surface area (Å²) < 4.78 is 29.6. The lowest BCUT2D eigenvalue weighted by molar-refractivity contribution is 0.196. The predicted molar refractivity (Wildman–Crippen MR) is 80.7 cm³/mol. The summed E-state index contributed by atoms with van der Waals surface area (Å²) in [5.74, 6) is 0. The van der Waals surface area contributed by atoms with Crippen molar-refractivity contribution in [3.05, 3.63) is 52.2 Å². The van der Waals surface area contributed by atoms with Crippen molar-refractivity contribution in [3.8, 4) is 0 Å². The molecule has 6 heteroatoms. The molecule has 0 spiro atoms. The molecule has 2 rings (SSSR count). The van der Waals surface area contributed by atoms with E-state index in [1.54, 1.807) is 30.4 Å². The van der Waals surface area contributed by atoms with Crippen LogP contribution < -0.4 is 0 Å². The van der Waals surface area contributed by atoms with Crippen LogP contribution in [-0.2, 0) is 16.5 Å². The molecule has 0 radical (unpaired) electrons. The van der Waals surface area contributed by atoms with Crippen LogP contribution >= 0.6 is 11.3 Å². The number of rotatable bonds is 3. The van der Waals surface area contributed by atoms with Gasteiger partial charge in [-0.15, -0.1) is 11.3 Å². The molecule has 0 saturated heterocycles. The molecule has 0 aliphatic heterocycles. The number of benzene rings is 1. The molecule has 0 fully saturated rings. The van der Waals surface area contributed by atoms with Crippen molar-refractivity contribution in [2.45, 2.75) is 31.3 Å². The van der Waals surface area contributed by atoms with Crippen LogP contribution in [0.3, 0.4) is 0 Å². The van der Waals surface area contributed by atoms with Crippen molar-refractivity contribution < 1.29 is 18.1 Å². The quantitative estimate of drug-likeness (QED) is 0.854. The van der Waals surface area contributed by atoms with Crippen LogP contribution in [0.4, 0.5) is 0 Å². The number of aliphatic hydroxyl groups excluding tert-OH is 1. The SMILES string of the molecule is CC(O)Cc1cccs1.Cc1ccc(S(=O)(=O)O)cc1. The predicted octanol–water partition coefficient (Wildman–Crippen LogP) is 2.91. The lowest BCUT2D eigenvalue weighted by Gasteiger charge is -1.98. The maximum atomic E-state index is 10.5. The van der Waals surface area contributed by atoms with Crippen LogP contribution in [0.2, 0.25) is 0 Å². The van der Waals surface area contributed by atoms with Crippen LogP contribution in [0.1, 0.15) is 17.4 Å². The Bertz CT molecular complexity index is 599. The molecule has 0 aliphatic rings. The highest BCUT2D eigenvalue weighted by Crippen LogP contribution is 2.10. The van der Waals surface area contributed by atoms with Crippen molar-refractivity contribution in [1.82, 2.24) is 0 Å². The molecule has 4 nitrogen and oxygen atoms in total. The van der Waals surface area contributed by atoms with Gasteiger partial charge < -0.3 is 5.11 Å². The summed E-state index contributed by atoms with van der Waals surface area (Å²) in [6, 6.07) is 10.0.